The molecular formula is C23H24BrNO4S. The van der Waals surface area contributed by atoms with Crippen LogP contribution in [-0.2, 0) is 10.0 Å². The van der Waals surface area contributed by atoms with Crippen molar-refractivity contribution in [2.75, 3.05) is 14.2 Å². The maximum atomic E-state index is 13.2. The summed E-state index contributed by atoms with van der Waals surface area (Å²) in [5.41, 5.74) is 3.60. The fourth-order valence-corrected chi connectivity index (χ4v) is 4.86. The van der Waals surface area contributed by atoms with E-state index >= 15 is 0 Å². The third-order valence-corrected chi connectivity index (χ3v) is 6.95. The minimum Gasteiger partial charge on any atom is -0.493 e. The van der Waals surface area contributed by atoms with Crippen LogP contribution in [0.15, 0.2) is 70.0 Å². The molecule has 0 amide bonds. The molecular weight excluding hydrogens is 466 g/mol. The van der Waals surface area contributed by atoms with E-state index in [1.54, 1.807) is 50.6 Å². The Morgan fingerprint density at radius 2 is 1.33 bits per heavy atom. The fraction of sp³-hybridized carbons (Fsp3) is 0.217. The normalized spacial score (nSPS) is 12.4. The van der Waals surface area contributed by atoms with Crippen molar-refractivity contribution < 1.29 is 17.9 Å². The molecule has 0 bridgehead atoms. The molecule has 0 saturated heterocycles. The van der Waals surface area contributed by atoms with E-state index in [4.69, 9.17) is 9.47 Å². The van der Waals surface area contributed by atoms with Crippen LogP contribution in [0.4, 0.5) is 0 Å². The number of sulfonamides is 1. The monoisotopic (exact) mass is 489 g/mol. The van der Waals surface area contributed by atoms with Crippen LogP contribution >= 0.6 is 15.9 Å². The maximum absolute atomic E-state index is 13.2. The summed E-state index contributed by atoms with van der Waals surface area (Å²) in [6.45, 7) is 3.90. The molecule has 0 aromatic heterocycles. The highest BCUT2D eigenvalue weighted by Gasteiger charge is 2.26. The van der Waals surface area contributed by atoms with Crippen molar-refractivity contribution >= 4 is 26.0 Å². The number of rotatable bonds is 7. The molecule has 3 aromatic rings. The summed E-state index contributed by atoms with van der Waals surface area (Å²) < 4.78 is 40.7. The maximum Gasteiger partial charge on any atom is 0.241 e. The molecule has 30 heavy (non-hydrogen) atoms. The van der Waals surface area contributed by atoms with Gasteiger partial charge in [-0.3, -0.25) is 0 Å². The molecule has 0 spiro atoms. The van der Waals surface area contributed by atoms with Gasteiger partial charge in [0.1, 0.15) is 0 Å². The van der Waals surface area contributed by atoms with E-state index in [1.807, 2.05) is 38.1 Å². The van der Waals surface area contributed by atoms with Gasteiger partial charge in [0.2, 0.25) is 10.0 Å². The lowest BCUT2D eigenvalue weighted by Gasteiger charge is -2.23. The zero-order valence-electron chi connectivity index (χ0n) is 17.3. The largest absolute Gasteiger partial charge is 0.493 e. The van der Waals surface area contributed by atoms with Crippen molar-refractivity contribution in [3.63, 3.8) is 0 Å². The Labute approximate surface area is 186 Å². The molecule has 7 heteroatoms. The lowest BCUT2D eigenvalue weighted by atomic mass is 9.98. The number of ether oxygens (including phenoxy) is 2. The van der Waals surface area contributed by atoms with Crippen molar-refractivity contribution in [3.05, 3.63) is 87.4 Å². The van der Waals surface area contributed by atoms with E-state index in [0.717, 1.165) is 16.7 Å². The first-order valence-electron chi connectivity index (χ1n) is 9.32. The summed E-state index contributed by atoms with van der Waals surface area (Å²) in [7, 11) is -0.672. The molecule has 0 aliphatic carbocycles. The van der Waals surface area contributed by atoms with Crippen molar-refractivity contribution in [1.29, 1.82) is 0 Å². The van der Waals surface area contributed by atoms with E-state index in [2.05, 4.69) is 20.7 Å². The predicted octanol–water partition coefficient (Wildman–Crippen LogP) is 5.15. The van der Waals surface area contributed by atoms with Crippen LogP contribution in [0.3, 0.4) is 0 Å². The summed E-state index contributed by atoms with van der Waals surface area (Å²) in [4.78, 5) is 0.210. The summed E-state index contributed by atoms with van der Waals surface area (Å²) in [5, 5.41) is 0. The number of hydrogen-bond acceptors (Lipinski definition) is 4. The van der Waals surface area contributed by atoms with Gasteiger partial charge in [0.05, 0.1) is 25.2 Å². The first-order chi connectivity index (χ1) is 14.2. The highest BCUT2D eigenvalue weighted by atomic mass is 79.9. The second-order valence-corrected chi connectivity index (χ2v) is 9.58. The van der Waals surface area contributed by atoms with Gasteiger partial charge in [-0.2, -0.15) is 4.72 Å². The van der Waals surface area contributed by atoms with Crippen molar-refractivity contribution in [2.24, 2.45) is 0 Å². The van der Waals surface area contributed by atoms with Gasteiger partial charge in [0.25, 0.3) is 0 Å². The van der Waals surface area contributed by atoms with Gasteiger partial charge in [-0.1, -0.05) is 63.5 Å². The Morgan fingerprint density at radius 1 is 0.833 bits per heavy atom. The molecule has 0 unspecified atom stereocenters. The molecule has 3 aromatic carbocycles. The van der Waals surface area contributed by atoms with Gasteiger partial charge in [-0.15, -0.1) is 0 Å². The standard InChI is InChI=1S/C23H24BrNO4S/c1-15-5-9-17(10-6-15)23(19-13-21(28-3)22(29-4)14-20(19)24)25-30(26,27)18-11-7-16(2)8-12-18/h5-14,23,25H,1-4H3/t23-/m0/s1. The average Bonchev–Trinajstić information content (AvgIpc) is 2.73. The summed E-state index contributed by atoms with van der Waals surface area (Å²) >= 11 is 3.57. The van der Waals surface area contributed by atoms with Crippen LogP contribution in [0.5, 0.6) is 11.5 Å². The lowest BCUT2D eigenvalue weighted by molar-refractivity contribution is 0.354. The lowest BCUT2D eigenvalue weighted by Crippen LogP contribution is -2.29. The molecule has 1 atom stereocenters. The summed E-state index contributed by atoms with van der Waals surface area (Å²) in [6, 6.07) is 17.4. The Morgan fingerprint density at radius 3 is 1.87 bits per heavy atom. The zero-order chi connectivity index (χ0) is 21.9. The number of methoxy groups -OCH3 is 2. The van der Waals surface area contributed by atoms with Gasteiger partial charge in [0, 0.05) is 4.47 Å². The van der Waals surface area contributed by atoms with E-state index in [-0.39, 0.29) is 4.90 Å². The third kappa shape index (κ3) is 4.86. The number of hydrogen-bond donors (Lipinski definition) is 1. The zero-order valence-corrected chi connectivity index (χ0v) is 19.7. The second-order valence-electron chi connectivity index (χ2n) is 7.01. The van der Waals surface area contributed by atoms with Gasteiger partial charge in [-0.05, 0) is 49.2 Å². The van der Waals surface area contributed by atoms with Crippen molar-refractivity contribution in [3.8, 4) is 11.5 Å². The minimum atomic E-state index is -3.78. The number of aryl methyl sites for hydroxylation is 2. The topological polar surface area (TPSA) is 64.6 Å². The highest BCUT2D eigenvalue weighted by molar-refractivity contribution is 9.10. The van der Waals surface area contributed by atoms with E-state index in [1.165, 1.54) is 0 Å². The van der Waals surface area contributed by atoms with Crippen molar-refractivity contribution in [2.45, 2.75) is 24.8 Å². The molecule has 0 radical (unpaired) electrons. The van der Waals surface area contributed by atoms with E-state index in [9.17, 15) is 8.42 Å². The quantitative estimate of drug-likeness (QED) is 0.498. The van der Waals surface area contributed by atoms with Gasteiger partial charge in [0.15, 0.2) is 11.5 Å². The van der Waals surface area contributed by atoms with Gasteiger partial charge in [-0.25, -0.2) is 8.42 Å². The minimum absolute atomic E-state index is 0.210. The molecule has 1 N–H and O–H groups in total. The van der Waals surface area contributed by atoms with Crippen LogP contribution in [0.1, 0.15) is 28.3 Å². The van der Waals surface area contributed by atoms with E-state index < -0.39 is 16.1 Å². The molecule has 0 saturated carbocycles. The Bertz CT molecular complexity index is 1130. The third-order valence-electron chi connectivity index (χ3n) is 4.83. The Balaban J connectivity index is 2.12. The molecule has 0 aliphatic heterocycles. The van der Waals surface area contributed by atoms with Gasteiger partial charge < -0.3 is 9.47 Å². The SMILES string of the molecule is COc1cc(Br)c([C@@H](NS(=O)(=O)c2ccc(C)cc2)c2ccc(C)cc2)cc1OC. The van der Waals surface area contributed by atoms with Gasteiger partial charge >= 0.3 is 0 Å². The first-order valence-corrected chi connectivity index (χ1v) is 11.6. The summed E-state index contributed by atoms with van der Waals surface area (Å²) in [6.07, 6.45) is 0. The number of halogens is 1. The molecule has 0 fully saturated rings. The molecule has 158 valence electrons. The van der Waals surface area contributed by atoms with Crippen LogP contribution in [0.2, 0.25) is 0 Å². The number of benzene rings is 3. The van der Waals surface area contributed by atoms with Crippen LogP contribution in [0, 0.1) is 13.8 Å². The Kier molecular flexibility index (Phi) is 6.85. The fourth-order valence-electron chi connectivity index (χ4n) is 3.10. The predicted molar refractivity (Wildman–Crippen MR) is 122 cm³/mol. The van der Waals surface area contributed by atoms with Crippen LogP contribution in [0.25, 0.3) is 0 Å². The second kappa shape index (κ2) is 9.20. The molecule has 5 nitrogen and oxygen atoms in total. The average molecular weight is 490 g/mol. The highest BCUT2D eigenvalue weighted by Crippen LogP contribution is 2.38. The summed E-state index contributed by atoms with van der Waals surface area (Å²) in [5.74, 6) is 1.07. The van der Waals surface area contributed by atoms with Crippen LogP contribution < -0.4 is 14.2 Å². The van der Waals surface area contributed by atoms with Crippen LogP contribution in [-0.4, -0.2) is 22.6 Å². The molecule has 0 heterocycles. The number of nitrogens with one attached hydrogen (secondary N) is 1. The van der Waals surface area contributed by atoms with E-state index in [0.29, 0.717) is 21.5 Å². The molecule has 3 rings (SSSR count). The first kappa shape index (κ1) is 22.3. The molecule has 0 aliphatic rings. The Hall–Kier alpha value is -2.35. The van der Waals surface area contributed by atoms with Crippen molar-refractivity contribution in [1.82, 2.24) is 4.72 Å². The smallest absolute Gasteiger partial charge is 0.241 e.